The fraction of sp³-hybridized carbons (Fsp3) is 0.533. The second kappa shape index (κ2) is 7.17. The predicted octanol–water partition coefficient (Wildman–Crippen LogP) is 2.80. The zero-order chi connectivity index (χ0) is 13.5. The first kappa shape index (κ1) is 14.7. The Bertz CT molecular complexity index is 371. The van der Waals surface area contributed by atoms with Gasteiger partial charge in [0.2, 0.25) is 0 Å². The van der Waals surface area contributed by atoms with Crippen LogP contribution in [0.5, 0.6) is 0 Å². The largest absolute Gasteiger partial charge is 0.469 e. The molecule has 3 heteroatoms. The minimum atomic E-state index is -0.146. The van der Waals surface area contributed by atoms with Gasteiger partial charge in [-0.05, 0) is 38.1 Å². The van der Waals surface area contributed by atoms with Crippen LogP contribution in [0.3, 0.4) is 0 Å². The molecule has 0 N–H and O–H groups in total. The number of hydrogen-bond acceptors (Lipinski definition) is 3. The van der Waals surface area contributed by atoms with E-state index < -0.39 is 0 Å². The molecule has 0 fully saturated rings. The Morgan fingerprint density at radius 1 is 1.28 bits per heavy atom. The van der Waals surface area contributed by atoms with Gasteiger partial charge in [0.05, 0.1) is 7.11 Å². The number of aryl methyl sites for hydroxylation is 1. The summed E-state index contributed by atoms with van der Waals surface area (Å²) >= 11 is 0. The second-order valence-electron chi connectivity index (χ2n) is 4.69. The van der Waals surface area contributed by atoms with Gasteiger partial charge in [0.25, 0.3) is 0 Å². The van der Waals surface area contributed by atoms with Crippen LogP contribution in [0.25, 0.3) is 0 Å². The van der Waals surface area contributed by atoms with Gasteiger partial charge in [-0.15, -0.1) is 0 Å². The first-order chi connectivity index (χ1) is 8.58. The summed E-state index contributed by atoms with van der Waals surface area (Å²) in [5, 5.41) is 0. The lowest BCUT2D eigenvalue weighted by molar-refractivity contribution is -0.141. The smallest absolute Gasteiger partial charge is 0.305 e. The Kier molecular flexibility index (Phi) is 5.86. The molecule has 0 spiro atoms. The molecular weight excluding hydrogens is 226 g/mol. The third-order valence-electron chi connectivity index (χ3n) is 3.25. The normalized spacial score (nSPS) is 12.5. The number of rotatable bonds is 6. The minimum absolute atomic E-state index is 0.146. The summed E-state index contributed by atoms with van der Waals surface area (Å²) in [4.78, 5) is 13.4. The summed E-state index contributed by atoms with van der Waals surface area (Å²) in [5.41, 5.74) is 2.59. The van der Waals surface area contributed by atoms with Gasteiger partial charge in [-0.25, -0.2) is 0 Å². The standard InChI is InChI=1S/C15H23NO2/c1-5-12-6-8-13(9-7-12)14(16(2)3)10-11-15(17)18-4/h6-9,14H,5,10-11H2,1-4H3. The molecule has 0 radical (unpaired) electrons. The van der Waals surface area contributed by atoms with Crippen LogP contribution < -0.4 is 0 Å². The molecule has 0 aliphatic rings. The van der Waals surface area contributed by atoms with Crippen molar-refractivity contribution in [2.45, 2.75) is 32.2 Å². The molecule has 0 aliphatic heterocycles. The quantitative estimate of drug-likeness (QED) is 0.726. The van der Waals surface area contributed by atoms with Crippen LogP contribution in [-0.4, -0.2) is 32.1 Å². The fourth-order valence-corrected chi connectivity index (χ4v) is 2.06. The van der Waals surface area contributed by atoms with Crippen molar-refractivity contribution in [3.05, 3.63) is 35.4 Å². The van der Waals surface area contributed by atoms with E-state index in [1.54, 1.807) is 0 Å². The Morgan fingerprint density at radius 3 is 2.33 bits per heavy atom. The number of carbonyl (C=O) groups is 1. The topological polar surface area (TPSA) is 29.5 Å². The van der Waals surface area contributed by atoms with Crippen LogP contribution >= 0.6 is 0 Å². The molecule has 1 atom stereocenters. The third-order valence-corrected chi connectivity index (χ3v) is 3.25. The van der Waals surface area contributed by atoms with E-state index in [0.717, 1.165) is 12.8 Å². The molecule has 0 amide bonds. The average Bonchev–Trinajstić information content (AvgIpc) is 2.39. The van der Waals surface area contributed by atoms with Gasteiger partial charge in [-0.2, -0.15) is 0 Å². The second-order valence-corrected chi connectivity index (χ2v) is 4.69. The van der Waals surface area contributed by atoms with E-state index >= 15 is 0 Å². The summed E-state index contributed by atoms with van der Waals surface area (Å²) in [6, 6.07) is 8.88. The van der Waals surface area contributed by atoms with Gasteiger partial charge < -0.3 is 9.64 Å². The Hall–Kier alpha value is -1.35. The first-order valence-corrected chi connectivity index (χ1v) is 6.40. The molecule has 0 saturated heterocycles. The molecule has 18 heavy (non-hydrogen) atoms. The van der Waals surface area contributed by atoms with Crippen molar-refractivity contribution >= 4 is 5.97 Å². The molecule has 0 saturated carbocycles. The molecule has 1 aromatic carbocycles. The highest BCUT2D eigenvalue weighted by Gasteiger charge is 2.15. The van der Waals surface area contributed by atoms with Crippen molar-refractivity contribution in [2.75, 3.05) is 21.2 Å². The molecule has 0 aromatic heterocycles. The Balaban J connectivity index is 2.74. The van der Waals surface area contributed by atoms with Gasteiger partial charge in [0, 0.05) is 12.5 Å². The van der Waals surface area contributed by atoms with Crippen LogP contribution in [0.4, 0.5) is 0 Å². The fourth-order valence-electron chi connectivity index (χ4n) is 2.06. The van der Waals surface area contributed by atoms with Gasteiger partial charge >= 0.3 is 5.97 Å². The molecule has 1 aromatic rings. The predicted molar refractivity (Wildman–Crippen MR) is 73.5 cm³/mol. The molecule has 3 nitrogen and oxygen atoms in total. The number of benzene rings is 1. The van der Waals surface area contributed by atoms with Crippen molar-refractivity contribution in [3.63, 3.8) is 0 Å². The van der Waals surface area contributed by atoms with Gasteiger partial charge in [-0.3, -0.25) is 4.79 Å². The molecule has 1 unspecified atom stereocenters. The van der Waals surface area contributed by atoms with Gasteiger partial charge in [0.15, 0.2) is 0 Å². The van der Waals surface area contributed by atoms with E-state index in [2.05, 4.69) is 36.1 Å². The lowest BCUT2D eigenvalue weighted by Crippen LogP contribution is -2.21. The third kappa shape index (κ3) is 4.15. The van der Waals surface area contributed by atoms with E-state index in [1.165, 1.54) is 18.2 Å². The number of carbonyl (C=O) groups excluding carboxylic acids is 1. The maximum atomic E-state index is 11.2. The van der Waals surface area contributed by atoms with Gasteiger partial charge in [-0.1, -0.05) is 31.2 Å². The van der Waals surface area contributed by atoms with Crippen LogP contribution in [0.1, 0.15) is 36.9 Å². The lowest BCUT2D eigenvalue weighted by atomic mass is 9.99. The SMILES string of the molecule is CCc1ccc(C(CCC(=O)OC)N(C)C)cc1. The van der Waals surface area contributed by atoms with Crippen LogP contribution in [0.15, 0.2) is 24.3 Å². The van der Waals surface area contributed by atoms with E-state index in [-0.39, 0.29) is 12.0 Å². The lowest BCUT2D eigenvalue weighted by Gasteiger charge is -2.24. The van der Waals surface area contributed by atoms with Gasteiger partial charge in [0.1, 0.15) is 0 Å². The molecule has 0 aliphatic carbocycles. The summed E-state index contributed by atoms with van der Waals surface area (Å²) in [6.07, 6.45) is 2.29. The zero-order valence-corrected chi connectivity index (χ0v) is 11.8. The first-order valence-electron chi connectivity index (χ1n) is 6.40. The van der Waals surface area contributed by atoms with Crippen LogP contribution in [0.2, 0.25) is 0 Å². The maximum absolute atomic E-state index is 11.2. The summed E-state index contributed by atoms with van der Waals surface area (Å²) < 4.78 is 4.70. The Labute approximate surface area is 110 Å². The highest BCUT2D eigenvalue weighted by molar-refractivity contribution is 5.69. The number of hydrogen-bond donors (Lipinski definition) is 0. The van der Waals surface area contributed by atoms with E-state index in [4.69, 9.17) is 4.74 Å². The molecular formula is C15H23NO2. The summed E-state index contributed by atoms with van der Waals surface area (Å²) in [7, 11) is 5.51. The molecule has 1 rings (SSSR count). The van der Waals surface area contributed by atoms with Crippen molar-refractivity contribution in [1.82, 2.24) is 4.90 Å². The highest BCUT2D eigenvalue weighted by Crippen LogP contribution is 2.24. The summed E-state index contributed by atoms with van der Waals surface area (Å²) in [5.74, 6) is -0.146. The van der Waals surface area contributed by atoms with Crippen molar-refractivity contribution < 1.29 is 9.53 Å². The van der Waals surface area contributed by atoms with Crippen molar-refractivity contribution in [2.24, 2.45) is 0 Å². The minimum Gasteiger partial charge on any atom is -0.469 e. The molecule has 0 bridgehead atoms. The monoisotopic (exact) mass is 249 g/mol. The van der Waals surface area contributed by atoms with Crippen molar-refractivity contribution in [3.8, 4) is 0 Å². The molecule has 100 valence electrons. The van der Waals surface area contributed by atoms with Crippen molar-refractivity contribution in [1.29, 1.82) is 0 Å². The molecule has 0 heterocycles. The van der Waals surface area contributed by atoms with Crippen LogP contribution in [0, 0.1) is 0 Å². The maximum Gasteiger partial charge on any atom is 0.305 e. The highest BCUT2D eigenvalue weighted by atomic mass is 16.5. The Morgan fingerprint density at radius 2 is 1.89 bits per heavy atom. The number of ether oxygens (including phenoxy) is 1. The number of nitrogens with zero attached hydrogens (tertiary/aromatic N) is 1. The average molecular weight is 249 g/mol. The number of methoxy groups -OCH3 is 1. The van der Waals surface area contributed by atoms with E-state index in [9.17, 15) is 4.79 Å². The van der Waals surface area contributed by atoms with E-state index in [0.29, 0.717) is 6.42 Å². The van der Waals surface area contributed by atoms with E-state index in [1.807, 2.05) is 14.1 Å². The van der Waals surface area contributed by atoms with Crippen LogP contribution in [-0.2, 0) is 16.0 Å². The number of esters is 1. The summed E-state index contributed by atoms with van der Waals surface area (Å²) in [6.45, 7) is 2.15. The zero-order valence-electron chi connectivity index (χ0n) is 11.8.